The summed E-state index contributed by atoms with van der Waals surface area (Å²) in [5.41, 5.74) is 3.41. The molecule has 2 fully saturated rings. The first kappa shape index (κ1) is 26.3. The predicted molar refractivity (Wildman–Crippen MR) is 146 cm³/mol. The number of nitrogens with one attached hydrogen (secondary N) is 1. The van der Waals surface area contributed by atoms with E-state index >= 15 is 0 Å². The van der Waals surface area contributed by atoms with Crippen LogP contribution in [-0.4, -0.2) is 57.2 Å². The highest BCUT2D eigenvalue weighted by Gasteiger charge is 2.57. The lowest BCUT2D eigenvalue weighted by atomic mass is 10.0. The van der Waals surface area contributed by atoms with Crippen LogP contribution in [-0.2, 0) is 11.2 Å². The SMILES string of the molecule is COc1ccc(/C=C/C(=O)NC2[C@H]3CN(C(=O)c4ccc(Cc5ccc(F)cc5)cc4)C[C@@H]23)c(OC)c1OC. The topological polar surface area (TPSA) is 77.1 Å². The largest absolute Gasteiger partial charge is 0.493 e. The molecule has 0 bridgehead atoms. The number of hydrogen-bond donors (Lipinski definition) is 1. The first-order chi connectivity index (χ1) is 18.9. The van der Waals surface area contributed by atoms with Crippen molar-refractivity contribution in [2.75, 3.05) is 34.4 Å². The molecule has 3 aromatic carbocycles. The second-order valence-electron chi connectivity index (χ2n) is 9.83. The summed E-state index contributed by atoms with van der Waals surface area (Å²) in [6, 6.07) is 17.6. The summed E-state index contributed by atoms with van der Waals surface area (Å²) in [6.07, 6.45) is 3.84. The molecule has 7 nitrogen and oxygen atoms in total. The summed E-state index contributed by atoms with van der Waals surface area (Å²) in [5, 5.41) is 3.06. The number of fused-ring (bicyclic) bond motifs is 1. The van der Waals surface area contributed by atoms with Gasteiger partial charge in [-0.3, -0.25) is 9.59 Å². The quantitative estimate of drug-likeness (QED) is 0.417. The van der Waals surface area contributed by atoms with Gasteiger partial charge in [0.1, 0.15) is 5.82 Å². The van der Waals surface area contributed by atoms with Crippen LogP contribution in [0.3, 0.4) is 0 Å². The summed E-state index contributed by atoms with van der Waals surface area (Å²) in [5.74, 6) is 1.58. The van der Waals surface area contributed by atoms with Gasteiger partial charge >= 0.3 is 0 Å². The molecule has 1 unspecified atom stereocenters. The van der Waals surface area contributed by atoms with Gasteiger partial charge in [-0.2, -0.15) is 0 Å². The van der Waals surface area contributed by atoms with Crippen molar-refractivity contribution in [3.05, 3.63) is 94.8 Å². The van der Waals surface area contributed by atoms with E-state index in [1.165, 1.54) is 32.4 Å². The van der Waals surface area contributed by atoms with E-state index in [-0.39, 0.29) is 35.5 Å². The number of methoxy groups -OCH3 is 3. The van der Waals surface area contributed by atoms with Crippen molar-refractivity contribution in [3.8, 4) is 17.2 Å². The van der Waals surface area contributed by atoms with E-state index in [0.29, 0.717) is 47.9 Å². The number of rotatable bonds is 9. The minimum Gasteiger partial charge on any atom is -0.493 e. The van der Waals surface area contributed by atoms with E-state index in [2.05, 4.69) is 5.32 Å². The Balaban J connectivity index is 1.12. The molecule has 1 heterocycles. The van der Waals surface area contributed by atoms with E-state index in [1.54, 1.807) is 37.5 Å². The average molecular weight is 531 g/mol. The summed E-state index contributed by atoms with van der Waals surface area (Å²) in [6.45, 7) is 1.25. The Kier molecular flexibility index (Phi) is 7.54. The fraction of sp³-hybridized carbons (Fsp3) is 0.290. The van der Waals surface area contributed by atoms with Gasteiger partial charge in [-0.25, -0.2) is 4.39 Å². The first-order valence-corrected chi connectivity index (χ1v) is 12.8. The standard InChI is InChI=1S/C31H31FN2O5/c1-37-26-14-10-21(29(38-2)30(26)39-3)11-15-27(35)33-28-24-17-34(18-25(24)28)31(36)22-8-4-19(5-9-22)16-20-6-12-23(32)13-7-20/h4-15,24-25,28H,16-18H2,1-3H3,(H,33,35)/b15-11+/t24-,25+,28?. The maximum absolute atomic E-state index is 13.1. The molecule has 0 spiro atoms. The zero-order valence-corrected chi connectivity index (χ0v) is 22.1. The van der Waals surface area contributed by atoms with Gasteiger partial charge in [0, 0.05) is 48.2 Å². The number of carbonyl (C=O) groups excluding carboxylic acids is 2. The van der Waals surface area contributed by atoms with Crippen LogP contribution in [0.2, 0.25) is 0 Å². The predicted octanol–water partition coefficient (Wildman–Crippen LogP) is 4.34. The highest BCUT2D eigenvalue weighted by atomic mass is 19.1. The number of amides is 2. The Morgan fingerprint density at radius 3 is 2.08 bits per heavy atom. The van der Waals surface area contributed by atoms with E-state index in [4.69, 9.17) is 14.2 Å². The Labute approximate surface area is 227 Å². The molecule has 1 N–H and O–H groups in total. The molecule has 1 saturated heterocycles. The van der Waals surface area contributed by atoms with Crippen LogP contribution in [0.15, 0.2) is 66.7 Å². The van der Waals surface area contributed by atoms with Crippen molar-refractivity contribution in [1.82, 2.24) is 10.2 Å². The molecular formula is C31H31FN2O5. The molecular weight excluding hydrogens is 499 g/mol. The second-order valence-corrected chi connectivity index (χ2v) is 9.83. The number of halogens is 1. The third kappa shape index (κ3) is 5.60. The van der Waals surface area contributed by atoms with Gasteiger partial charge in [-0.05, 0) is 60.0 Å². The molecule has 202 valence electrons. The summed E-state index contributed by atoms with van der Waals surface area (Å²) in [7, 11) is 4.62. The van der Waals surface area contributed by atoms with Crippen LogP contribution in [0, 0.1) is 17.7 Å². The molecule has 8 heteroatoms. The Morgan fingerprint density at radius 1 is 0.872 bits per heavy atom. The van der Waals surface area contributed by atoms with Gasteiger partial charge in [0.05, 0.1) is 21.3 Å². The van der Waals surface area contributed by atoms with Crippen LogP contribution in [0.1, 0.15) is 27.0 Å². The highest BCUT2D eigenvalue weighted by molar-refractivity contribution is 5.95. The van der Waals surface area contributed by atoms with Crippen LogP contribution in [0.25, 0.3) is 6.08 Å². The third-order valence-electron chi connectivity index (χ3n) is 7.46. The van der Waals surface area contributed by atoms with Crippen LogP contribution in [0.4, 0.5) is 4.39 Å². The van der Waals surface area contributed by atoms with Crippen LogP contribution < -0.4 is 19.5 Å². The average Bonchev–Trinajstić information content (AvgIpc) is 3.37. The Morgan fingerprint density at radius 2 is 1.49 bits per heavy atom. The molecule has 3 aromatic rings. The second kappa shape index (κ2) is 11.2. The minimum atomic E-state index is -0.253. The molecule has 39 heavy (non-hydrogen) atoms. The van der Waals surface area contributed by atoms with E-state index in [9.17, 15) is 14.0 Å². The zero-order chi connectivity index (χ0) is 27.5. The Hall–Kier alpha value is -4.33. The molecule has 2 aliphatic rings. The van der Waals surface area contributed by atoms with Gasteiger partial charge in [-0.15, -0.1) is 0 Å². The lowest BCUT2D eigenvalue weighted by Crippen LogP contribution is -2.37. The van der Waals surface area contributed by atoms with Gasteiger partial charge in [0.15, 0.2) is 11.5 Å². The maximum Gasteiger partial charge on any atom is 0.253 e. The van der Waals surface area contributed by atoms with Crippen molar-refractivity contribution in [3.63, 3.8) is 0 Å². The van der Waals surface area contributed by atoms with Crippen molar-refractivity contribution < 1.29 is 28.2 Å². The third-order valence-corrected chi connectivity index (χ3v) is 7.46. The maximum atomic E-state index is 13.1. The van der Waals surface area contributed by atoms with Gasteiger partial charge in [-0.1, -0.05) is 24.3 Å². The van der Waals surface area contributed by atoms with Gasteiger partial charge in [0.25, 0.3) is 5.91 Å². The van der Waals surface area contributed by atoms with Gasteiger partial charge in [0.2, 0.25) is 11.7 Å². The highest BCUT2D eigenvalue weighted by Crippen LogP contribution is 2.46. The minimum absolute atomic E-state index is 0.000975. The summed E-state index contributed by atoms with van der Waals surface area (Å²) in [4.78, 5) is 27.5. The van der Waals surface area contributed by atoms with Gasteiger partial charge < -0.3 is 24.4 Å². The molecule has 3 atom stereocenters. The van der Waals surface area contributed by atoms with Crippen LogP contribution in [0.5, 0.6) is 17.2 Å². The molecule has 1 saturated carbocycles. The van der Waals surface area contributed by atoms with Crippen molar-refractivity contribution in [1.29, 1.82) is 0 Å². The normalized spacial score (nSPS) is 19.5. The number of ether oxygens (including phenoxy) is 3. The lowest BCUT2D eigenvalue weighted by molar-refractivity contribution is -0.116. The van der Waals surface area contributed by atoms with E-state index in [0.717, 1.165) is 11.1 Å². The number of hydrogen-bond acceptors (Lipinski definition) is 5. The number of piperidine rings is 1. The molecule has 0 aromatic heterocycles. The zero-order valence-electron chi connectivity index (χ0n) is 22.1. The monoisotopic (exact) mass is 530 g/mol. The number of nitrogens with zero attached hydrogens (tertiary/aromatic N) is 1. The van der Waals surface area contributed by atoms with E-state index in [1.807, 2.05) is 29.2 Å². The molecule has 2 amide bonds. The number of likely N-dealkylation sites (tertiary alicyclic amines) is 1. The number of carbonyl (C=O) groups is 2. The molecule has 1 aliphatic carbocycles. The summed E-state index contributed by atoms with van der Waals surface area (Å²) < 4.78 is 29.3. The molecule has 5 rings (SSSR count). The first-order valence-electron chi connectivity index (χ1n) is 12.8. The van der Waals surface area contributed by atoms with E-state index < -0.39 is 0 Å². The van der Waals surface area contributed by atoms with Crippen molar-refractivity contribution in [2.45, 2.75) is 12.5 Å². The smallest absolute Gasteiger partial charge is 0.253 e. The number of benzene rings is 3. The van der Waals surface area contributed by atoms with Crippen molar-refractivity contribution in [2.24, 2.45) is 11.8 Å². The van der Waals surface area contributed by atoms with Crippen molar-refractivity contribution >= 4 is 17.9 Å². The summed E-state index contributed by atoms with van der Waals surface area (Å²) >= 11 is 0. The lowest BCUT2D eigenvalue weighted by Gasteiger charge is -2.20. The molecule has 1 aliphatic heterocycles. The fourth-order valence-electron chi connectivity index (χ4n) is 5.33. The van der Waals surface area contributed by atoms with Crippen LogP contribution >= 0.6 is 0 Å². The Bertz CT molecular complexity index is 1380. The molecule has 0 radical (unpaired) electrons. The fourth-order valence-corrected chi connectivity index (χ4v) is 5.33.